The van der Waals surface area contributed by atoms with Gasteiger partial charge in [-0.1, -0.05) is 12.1 Å². The van der Waals surface area contributed by atoms with Gasteiger partial charge in [-0.3, -0.25) is 4.79 Å². The highest BCUT2D eigenvalue weighted by atomic mass is 16.6. The SMILES string of the molecule is CC(=O)c1ccc2c(c1)OC[C@@H](NC(=O)OC(C)(C)C)C2. The Bertz CT molecular complexity index is 560. The number of fused-ring (bicyclic) bond motifs is 1. The zero-order valence-electron chi connectivity index (χ0n) is 12.9. The normalized spacial score (nSPS) is 17.4. The lowest BCUT2D eigenvalue weighted by molar-refractivity contribution is 0.0481. The second kappa shape index (κ2) is 5.76. The first kappa shape index (κ1) is 15.4. The Morgan fingerprint density at radius 2 is 2.05 bits per heavy atom. The molecule has 1 N–H and O–H groups in total. The van der Waals surface area contributed by atoms with E-state index in [4.69, 9.17) is 9.47 Å². The van der Waals surface area contributed by atoms with Crippen LogP contribution in [0.15, 0.2) is 18.2 Å². The van der Waals surface area contributed by atoms with Gasteiger partial charge in [-0.05, 0) is 45.7 Å². The molecule has 114 valence electrons. The van der Waals surface area contributed by atoms with E-state index in [1.54, 1.807) is 12.1 Å². The fraction of sp³-hybridized carbons (Fsp3) is 0.500. The molecule has 2 rings (SSSR count). The van der Waals surface area contributed by atoms with Crippen molar-refractivity contribution >= 4 is 11.9 Å². The van der Waals surface area contributed by atoms with E-state index in [0.29, 0.717) is 24.3 Å². The van der Waals surface area contributed by atoms with Gasteiger partial charge in [0.15, 0.2) is 5.78 Å². The summed E-state index contributed by atoms with van der Waals surface area (Å²) in [4.78, 5) is 23.1. The fourth-order valence-corrected chi connectivity index (χ4v) is 2.16. The molecule has 0 unspecified atom stereocenters. The first-order valence-corrected chi connectivity index (χ1v) is 7.01. The van der Waals surface area contributed by atoms with Gasteiger partial charge in [-0.25, -0.2) is 4.79 Å². The van der Waals surface area contributed by atoms with Crippen molar-refractivity contribution in [2.45, 2.75) is 45.8 Å². The Hall–Kier alpha value is -2.04. The van der Waals surface area contributed by atoms with E-state index in [2.05, 4.69) is 5.32 Å². The number of nitrogens with one attached hydrogen (secondary N) is 1. The number of ketones is 1. The number of hydrogen-bond acceptors (Lipinski definition) is 4. The van der Waals surface area contributed by atoms with Gasteiger partial charge in [-0.15, -0.1) is 0 Å². The predicted molar refractivity (Wildman–Crippen MR) is 78.8 cm³/mol. The topological polar surface area (TPSA) is 64.6 Å². The maximum absolute atomic E-state index is 11.7. The Morgan fingerprint density at radius 1 is 1.33 bits per heavy atom. The summed E-state index contributed by atoms with van der Waals surface area (Å²) in [5.74, 6) is 0.723. The highest BCUT2D eigenvalue weighted by Crippen LogP contribution is 2.26. The molecule has 1 atom stereocenters. The lowest BCUT2D eigenvalue weighted by Gasteiger charge is -2.28. The maximum atomic E-state index is 11.7. The third-order valence-electron chi connectivity index (χ3n) is 3.10. The Kier molecular flexibility index (Phi) is 4.21. The molecule has 1 aliphatic rings. The molecule has 5 nitrogen and oxygen atoms in total. The average molecular weight is 291 g/mol. The summed E-state index contributed by atoms with van der Waals surface area (Å²) in [6.07, 6.45) is 0.215. The van der Waals surface area contributed by atoms with Crippen molar-refractivity contribution in [1.82, 2.24) is 5.32 Å². The van der Waals surface area contributed by atoms with Crippen LogP contribution in [0.5, 0.6) is 5.75 Å². The zero-order valence-corrected chi connectivity index (χ0v) is 12.9. The smallest absolute Gasteiger partial charge is 0.408 e. The summed E-state index contributed by atoms with van der Waals surface area (Å²) in [5.41, 5.74) is 1.09. The van der Waals surface area contributed by atoms with Gasteiger partial charge in [0.25, 0.3) is 0 Å². The highest BCUT2D eigenvalue weighted by molar-refractivity contribution is 5.94. The number of rotatable bonds is 2. The van der Waals surface area contributed by atoms with Gasteiger partial charge in [0.05, 0.1) is 6.04 Å². The molecule has 0 aromatic heterocycles. The molecule has 0 saturated carbocycles. The number of hydrogen-bond donors (Lipinski definition) is 1. The average Bonchev–Trinajstić information content (AvgIpc) is 2.35. The van der Waals surface area contributed by atoms with Gasteiger partial charge in [0, 0.05) is 5.56 Å². The molecule has 0 spiro atoms. The van der Waals surface area contributed by atoms with Crippen LogP contribution in [0.1, 0.15) is 43.6 Å². The van der Waals surface area contributed by atoms with Crippen LogP contribution in [0.25, 0.3) is 0 Å². The number of alkyl carbamates (subject to hydrolysis) is 1. The third-order valence-corrected chi connectivity index (χ3v) is 3.10. The number of amides is 1. The van der Waals surface area contributed by atoms with Crippen LogP contribution in [0.4, 0.5) is 4.79 Å². The molecule has 0 aliphatic carbocycles. The van der Waals surface area contributed by atoms with Crippen LogP contribution >= 0.6 is 0 Å². The summed E-state index contributed by atoms with van der Waals surface area (Å²) < 4.78 is 10.9. The molecule has 0 bridgehead atoms. The Morgan fingerprint density at radius 3 is 2.67 bits per heavy atom. The quantitative estimate of drug-likeness (QED) is 0.851. The summed E-state index contributed by atoms with van der Waals surface area (Å²) in [6.45, 7) is 7.36. The van der Waals surface area contributed by atoms with Gasteiger partial charge in [0.1, 0.15) is 18.0 Å². The van der Waals surface area contributed by atoms with Crippen LogP contribution in [-0.2, 0) is 11.2 Å². The van der Waals surface area contributed by atoms with Crippen molar-refractivity contribution in [1.29, 1.82) is 0 Å². The summed E-state index contributed by atoms with van der Waals surface area (Å²) in [5, 5.41) is 2.80. The molecule has 1 aromatic rings. The van der Waals surface area contributed by atoms with Crippen LogP contribution in [0, 0.1) is 0 Å². The molecule has 1 heterocycles. The van der Waals surface area contributed by atoms with Gasteiger partial charge < -0.3 is 14.8 Å². The molecular weight excluding hydrogens is 270 g/mol. The molecule has 5 heteroatoms. The number of Topliss-reactive ketones (excluding diaryl/α,β-unsaturated/α-hetero) is 1. The molecule has 0 fully saturated rings. The van der Waals surface area contributed by atoms with Crippen molar-refractivity contribution in [3.05, 3.63) is 29.3 Å². The molecular formula is C16H21NO4. The predicted octanol–water partition coefficient (Wildman–Crippen LogP) is 2.72. The summed E-state index contributed by atoms with van der Waals surface area (Å²) in [7, 11) is 0. The fourth-order valence-electron chi connectivity index (χ4n) is 2.16. The first-order valence-electron chi connectivity index (χ1n) is 7.01. The number of carbonyl (C=O) groups excluding carboxylic acids is 2. The third kappa shape index (κ3) is 4.21. The van der Waals surface area contributed by atoms with Gasteiger partial charge in [-0.2, -0.15) is 0 Å². The zero-order chi connectivity index (χ0) is 15.6. The number of carbonyl (C=O) groups is 2. The van der Waals surface area contributed by atoms with E-state index in [9.17, 15) is 9.59 Å². The van der Waals surface area contributed by atoms with Crippen LogP contribution in [0.3, 0.4) is 0 Å². The minimum atomic E-state index is -0.520. The van der Waals surface area contributed by atoms with Gasteiger partial charge >= 0.3 is 6.09 Å². The van der Waals surface area contributed by atoms with Crippen LogP contribution < -0.4 is 10.1 Å². The van der Waals surface area contributed by atoms with Gasteiger partial charge in [0.2, 0.25) is 0 Å². The Balaban J connectivity index is 2.00. The van der Waals surface area contributed by atoms with E-state index < -0.39 is 11.7 Å². The lowest BCUT2D eigenvalue weighted by atomic mass is 10.00. The monoisotopic (exact) mass is 291 g/mol. The number of ether oxygens (including phenoxy) is 2. The van der Waals surface area contributed by atoms with Crippen molar-refractivity contribution in [3.8, 4) is 5.75 Å². The lowest BCUT2D eigenvalue weighted by Crippen LogP contribution is -2.44. The van der Waals surface area contributed by atoms with Crippen molar-refractivity contribution < 1.29 is 19.1 Å². The minimum absolute atomic E-state index is 0.00963. The molecule has 1 aliphatic heterocycles. The largest absolute Gasteiger partial charge is 0.491 e. The molecule has 1 aromatic carbocycles. The van der Waals surface area contributed by atoms with E-state index in [1.807, 2.05) is 26.8 Å². The minimum Gasteiger partial charge on any atom is -0.491 e. The van der Waals surface area contributed by atoms with Crippen molar-refractivity contribution in [2.75, 3.05) is 6.61 Å². The van der Waals surface area contributed by atoms with E-state index in [-0.39, 0.29) is 11.8 Å². The van der Waals surface area contributed by atoms with Crippen molar-refractivity contribution in [2.24, 2.45) is 0 Å². The number of benzene rings is 1. The second-order valence-corrected chi connectivity index (χ2v) is 6.24. The standard InChI is InChI=1S/C16H21NO4/c1-10(18)11-5-6-12-7-13(9-20-14(12)8-11)17-15(19)21-16(2,3)4/h5-6,8,13H,7,9H2,1-4H3,(H,17,19)/t13-/m0/s1. The molecule has 0 saturated heterocycles. The van der Waals surface area contributed by atoms with Crippen LogP contribution in [-0.4, -0.2) is 30.1 Å². The molecule has 1 amide bonds. The van der Waals surface area contributed by atoms with E-state index in [1.165, 1.54) is 6.92 Å². The summed E-state index contributed by atoms with van der Waals surface area (Å²) in [6, 6.07) is 5.27. The first-order chi connectivity index (χ1) is 9.74. The van der Waals surface area contributed by atoms with Crippen LogP contribution in [0.2, 0.25) is 0 Å². The second-order valence-electron chi connectivity index (χ2n) is 6.24. The molecule has 0 radical (unpaired) electrons. The summed E-state index contributed by atoms with van der Waals surface area (Å²) >= 11 is 0. The van der Waals surface area contributed by atoms with Crippen molar-refractivity contribution in [3.63, 3.8) is 0 Å². The Labute approximate surface area is 124 Å². The maximum Gasteiger partial charge on any atom is 0.408 e. The van der Waals surface area contributed by atoms with E-state index >= 15 is 0 Å². The highest BCUT2D eigenvalue weighted by Gasteiger charge is 2.24. The van der Waals surface area contributed by atoms with E-state index in [0.717, 1.165) is 5.56 Å². The molecule has 21 heavy (non-hydrogen) atoms.